The number of nitrogens with one attached hydrogen (secondary N) is 1. The number of benzene rings is 1. The second kappa shape index (κ2) is 6.36. The Balaban J connectivity index is 1.40. The van der Waals surface area contributed by atoms with Crippen LogP contribution in [-0.4, -0.2) is 41.1 Å². The lowest BCUT2D eigenvalue weighted by Crippen LogP contribution is -2.31. The first-order valence-electron chi connectivity index (χ1n) is 8.59. The second-order valence-electron chi connectivity index (χ2n) is 6.87. The molecule has 2 aliphatic heterocycles. The van der Waals surface area contributed by atoms with E-state index in [2.05, 4.69) is 27.4 Å². The van der Waals surface area contributed by atoms with Crippen molar-refractivity contribution in [2.45, 2.75) is 31.7 Å². The van der Waals surface area contributed by atoms with E-state index < -0.39 is 0 Å². The van der Waals surface area contributed by atoms with Crippen molar-refractivity contribution in [3.8, 4) is 0 Å². The van der Waals surface area contributed by atoms with E-state index in [0.717, 1.165) is 36.5 Å². The molecule has 0 radical (unpaired) electrons. The fraction of sp³-hybridized carbons (Fsp3) is 0.500. The molecular formula is C18H22N4O2. The maximum atomic E-state index is 12.0. The van der Waals surface area contributed by atoms with Crippen molar-refractivity contribution in [2.75, 3.05) is 20.1 Å². The molecule has 1 saturated heterocycles. The average molecular weight is 326 g/mol. The zero-order valence-corrected chi connectivity index (χ0v) is 13.9. The van der Waals surface area contributed by atoms with Crippen LogP contribution in [0.2, 0.25) is 0 Å². The van der Waals surface area contributed by atoms with Gasteiger partial charge in [0.05, 0.1) is 12.5 Å². The van der Waals surface area contributed by atoms with Gasteiger partial charge in [0, 0.05) is 12.0 Å². The number of aromatic nitrogens is 2. The van der Waals surface area contributed by atoms with Gasteiger partial charge in [-0.2, -0.15) is 4.98 Å². The van der Waals surface area contributed by atoms with Crippen LogP contribution in [-0.2, 0) is 12.8 Å². The summed E-state index contributed by atoms with van der Waals surface area (Å²) in [6.07, 6.45) is 3.80. The number of amides is 1. The van der Waals surface area contributed by atoms with Gasteiger partial charge in [0.25, 0.3) is 5.91 Å². The van der Waals surface area contributed by atoms with Gasteiger partial charge in [-0.05, 0) is 50.5 Å². The summed E-state index contributed by atoms with van der Waals surface area (Å²) in [7, 11) is 2.16. The Morgan fingerprint density at radius 2 is 2.04 bits per heavy atom. The van der Waals surface area contributed by atoms with Crippen LogP contribution in [0.4, 0.5) is 0 Å². The van der Waals surface area contributed by atoms with E-state index in [1.165, 1.54) is 12.8 Å². The summed E-state index contributed by atoms with van der Waals surface area (Å²) >= 11 is 0. The molecule has 6 heteroatoms. The smallest absolute Gasteiger partial charge is 0.252 e. The van der Waals surface area contributed by atoms with Gasteiger partial charge in [0.15, 0.2) is 5.82 Å². The third-order valence-electron chi connectivity index (χ3n) is 5.08. The van der Waals surface area contributed by atoms with Gasteiger partial charge in [-0.25, -0.2) is 0 Å². The topological polar surface area (TPSA) is 71.3 Å². The van der Waals surface area contributed by atoms with Crippen LogP contribution in [0, 0.1) is 5.92 Å². The average Bonchev–Trinajstić information content (AvgIpc) is 3.15. The molecule has 0 bridgehead atoms. The standard InChI is InChI=1S/C18H22N4O2/c1-22-8-6-12(7-9-22)10-16-20-17(24-21-16)11-15-13-4-2-3-5-14(13)18(23)19-15/h2-5,12,15H,6-11H2,1H3,(H,19,23)/t15-/m0/s1. The summed E-state index contributed by atoms with van der Waals surface area (Å²) in [5.74, 6) is 2.00. The minimum atomic E-state index is -0.0784. The highest BCUT2D eigenvalue weighted by Crippen LogP contribution is 2.27. The SMILES string of the molecule is CN1CCC(Cc2noc(C[C@@H]3NC(=O)c4ccccc43)n2)CC1. The first kappa shape index (κ1) is 15.3. The Bertz CT molecular complexity index is 734. The third-order valence-corrected chi connectivity index (χ3v) is 5.08. The van der Waals surface area contributed by atoms with Gasteiger partial charge in [0.2, 0.25) is 5.89 Å². The molecule has 1 fully saturated rings. The molecule has 2 aromatic rings. The van der Waals surface area contributed by atoms with Gasteiger partial charge >= 0.3 is 0 Å². The minimum absolute atomic E-state index is 0.0262. The fourth-order valence-electron chi connectivity index (χ4n) is 3.64. The zero-order chi connectivity index (χ0) is 16.5. The predicted molar refractivity (Wildman–Crippen MR) is 88.6 cm³/mol. The van der Waals surface area contributed by atoms with Crippen molar-refractivity contribution < 1.29 is 9.32 Å². The van der Waals surface area contributed by atoms with E-state index >= 15 is 0 Å². The Hall–Kier alpha value is -2.21. The van der Waals surface area contributed by atoms with E-state index in [-0.39, 0.29) is 11.9 Å². The molecule has 0 spiro atoms. The highest BCUT2D eigenvalue weighted by molar-refractivity contribution is 5.99. The quantitative estimate of drug-likeness (QED) is 0.930. The molecule has 1 amide bonds. The van der Waals surface area contributed by atoms with Gasteiger partial charge < -0.3 is 14.7 Å². The predicted octanol–water partition coefficient (Wildman–Crippen LogP) is 1.98. The highest BCUT2D eigenvalue weighted by atomic mass is 16.5. The highest BCUT2D eigenvalue weighted by Gasteiger charge is 2.29. The zero-order valence-electron chi connectivity index (χ0n) is 13.9. The van der Waals surface area contributed by atoms with Gasteiger partial charge in [0.1, 0.15) is 0 Å². The summed E-state index contributed by atoms with van der Waals surface area (Å²) < 4.78 is 5.42. The molecule has 1 aromatic carbocycles. The van der Waals surface area contributed by atoms with E-state index in [1.54, 1.807) is 0 Å². The Morgan fingerprint density at radius 3 is 2.88 bits per heavy atom. The van der Waals surface area contributed by atoms with Gasteiger partial charge in [-0.1, -0.05) is 23.4 Å². The minimum Gasteiger partial charge on any atom is -0.345 e. The van der Waals surface area contributed by atoms with Crippen molar-refractivity contribution in [1.29, 1.82) is 0 Å². The van der Waals surface area contributed by atoms with Crippen LogP contribution in [0.5, 0.6) is 0 Å². The van der Waals surface area contributed by atoms with Crippen LogP contribution in [0.1, 0.15) is 46.5 Å². The van der Waals surface area contributed by atoms with Gasteiger partial charge in [-0.3, -0.25) is 4.79 Å². The number of carbonyl (C=O) groups excluding carboxylic acids is 1. The van der Waals surface area contributed by atoms with Crippen molar-refractivity contribution in [2.24, 2.45) is 5.92 Å². The number of rotatable bonds is 4. The summed E-state index contributed by atoms with van der Waals surface area (Å²) in [4.78, 5) is 18.9. The maximum Gasteiger partial charge on any atom is 0.252 e. The molecule has 24 heavy (non-hydrogen) atoms. The Kier molecular flexibility index (Phi) is 4.06. The molecule has 3 heterocycles. The molecule has 1 aromatic heterocycles. The normalized spacial score (nSPS) is 21.7. The summed E-state index contributed by atoms with van der Waals surface area (Å²) in [6.45, 7) is 2.28. The van der Waals surface area contributed by atoms with Crippen LogP contribution >= 0.6 is 0 Å². The van der Waals surface area contributed by atoms with Crippen molar-refractivity contribution in [3.63, 3.8) is 0 Å². The molecular weight excluding hydrogens is 304 g/mol. The van der Waals surface area contributed by atoms with Crippen molar-refractivity contribution in [3.05, 3.63) is 47.1 Å². The number of nitrogens with zero attached hydrogens (tertiary/aromatic N) is 3. The lowest BCUT2D eigenvalue weighted by molar-refractivity contribution is 0.0955. The number of hydrogen-bond donors (Lipinski definition) is 1. The van der Waals surface area contributed by atoms with E-state index in [1.807, 2.05) is 24.3 Å². The van der Waals surface area contributed by atoms with Crippen LogP contribution in [0.25, 0.3) is 0 Å². The molecule has 6 nitrogen and oxygen atoms in total. The molecule has 126 valence electrons. The van der Waals surface area contributed by atoms with Crippen molar-refractivity contribution in [1.82, 2.24) is 20.4 Å². The summed E-state index contributed by atoms with van der Waals surface area (Å²) in [5, 5.41) is 7.13. The molecule has 2 aliphatic rings. The van der Waals surface area contributed by atoms with Crippen LogP contribution < -0.4 is 5.32 Å². The largest absolute Gasteiger partial charge is 0.345 e. The number of carbonyl (C=O) groups is 1. The number of piperidine rings is 1. The monoisotopic (exact) mass is 326 g/mol. The first-order chi connectivity index (χ1) is 11.7. The number of fused-ring (bicyclic) bond motifs is 1. The van der Waals surface area contributed by atoms with Crippen LogP contribution in [0.3, 0.4) is 0 Å². The molecule has 0 saturated carbocycles. The fourth-order valence-corrected chi connectivity index (χ4v) is 3.64. The summed E-state index contributed by atoms with van der Waals surface area (Å²) in [5.41, 5.74) is 1.76. The first-order valence-corrected chi connectivity index (χ1v) is 8.59. The lowest BCUT2D eigenvalue weighted by Gasteiger charge is -2.28. The molecule has 1 atom stereocenters. The maximum absolute atomic E-state index is 12.0. The molecule has 1 N–H and O–H groups in total. The van der Waals surface area contributed by atoms with Crippen molar-refractivity contribution >= 4 is 5.91 Å². The molecule has 4 rings (SSSR count). The Labute approximate surface area is 141 Å². The van der Waals surface area contributed by atoms with E-state index in [4.69, 9.17) is 4.52 Å². The van der Waals surface area contributed by atoms with E-state index in [0.29, 0.717) is 18.2 Å². The van der Waals surface area contributed by atoms with E-state index in [9.17, 15) is 4.79 Å². The lowest BCUT2D eigenvalue weighted by atomic mass is 9.93. The summed E-state index contributed by atoms with van der Waals surface area (Å²) in [6, 6.07) is 7.58. The second-order valence-corrected chi connectivity index (χ2v) is 6.87. The number of hydrogen-bond acceptors (Lipinski definition) is 5. The number of likely N-dealkylation sites (tertiary alicyclic amines) is 1. The van der Waals surface area contributed by atoms with Gasteiger partial charge in [-0.15, -0.1) is 0 Å². The molecule has 0 unspecified atom stereocenters. The Morgan fingerprint density at radius 1 is 1.25 bits per heavy atom. The molecule has 0 aliphatic carbocycles. The van der Waals surface area contributed by atoms with Crippen LogP contribution in [0.15, 0.2) is 28.8 Å². The third kappa shape index (κ3) is 3.06.